The zero-order valence-electron chi connectivity index (χ0n) is 19.1. The second kappa shape index (κ2) is 9.09. The van der Waals surface area contributed by atoms with Crippen molar-refractivity contribution in [3.63, 3.8) is 0 Å². The Kier molecular flexibility index (Phi) is 6.71. The number of imidazole rings is 1. The van der Waals surface area contributed by atoms with Gasteiger partial charge < -0.3 is 10.4 Å². The predicted molar refractivity (Wildman–Crippen MR) is 130 cm³/mol. The normalized spacial score (nSPS) is 12.1. The van der Waals surface area contributed by atoms with Crippen LogP contribution in [-0.4, -0.2) is 20.7 Å². The van der Waals surface area contributed by atoms with Crippen molar-refractivity contribution < 1.29 is 0 Å². The van der Waals surface area contributed by atoms with Crippen LogP contribution in [0.3, 0.4) is 0 Å². The van der Waals surface area contributed by atoms with Crippen LogP contribution in [0.2, 0.25) is 0 Å². The molecule has 158 valence electrons. The number of aromatic amines is 1. The molecule has 0 atom stereocenters. The molecule has 0 aliphatic heterocycles. The number of allylic oxidation sites excluding steroid dienone is 2. The van der Waals surface area contributed by atoms with Gasteiger partial charge in [-0.2, -0.15) is 0 Å². The molecule has 3 heterocycles. The van der Waals surface area contributed by atoms with E-state index >= 15 is 0 Å². The van der Waals surface area contributed by atoms with E-state index in [0.29, 0.717) is 11.6 Å². The van der Waals surface area contributed by atoms with E-state index in [1.807, 2.05) is 26.0 Å². The summed E-state index contributed by atoms with van der Waals surface area (Å²) in [5, 5.41) is 8.00. The average Bonchev–Trinajstić information content (AvgIpc) is 3.22. The Hall–Kier alpha value is -2.53. The van der Waals surface area contributed by atoms with Gasteiger partial charge in [-0.05, 0) is 88.3 Å². The van der Waals surface area contributed by atoms with Gasteiger partial charge in [-0.25, -0.2) is 4.98 Å². The Morgan fingerprint density at radius 1 is 1.07 bits per heavy atom. The summed E-state index contributed by atoms with van der Waals surface area (Å²) in [4.78, 5) is 15.7. The number of nitrogens with zero attached hydrogens (tertiary/aromatic N) is 2. The zero-order valence-corrected chi connectivity index (χ0v) is 19.9. The third-order valence-corrected chi connectivity index (χ3v) is 7.16. The van der Waals surface area contributed by atoms with Crippen molar-refractivity contribution in [2.45, 2.75) is 61.3 Å². The summed E-state index contributed by atoms with van der Waals surface area (Å²) in [6.07, 6.45) is 4.03. The van der Waals surface area contributed by atoms with Crippen LogP contribution in [0, 0.1) is 39.0 Å². The summed E-state index contributed by atoms with van der Waals surface area (Å²) in [6, 6.07) is 6.18. The first-order chi connectivity index (χ1) is 14.3. The van der Waals surface area contributed by atoms with Crippen molar-refractivity contribution in [1.82, 2.24) is 15.0 Å². The lowest BCUT2D eigenvalue weighted by Gasteiger charge is -2.15. The minimum Gasteiger partial charge on any atom is -0.342 e. The lowest BCUT2D eigenvalue weighted by Crippen LogP contribution is -2.04. The molecule has 0 fully saturated rings. The maximum absolute atomic E-state index is 8.00. The number of H-pyrrole nitrogens is 1. The third kappa shape index (κ3) is 4.31. The minimum atomic E-state index is 0.391. The Bertz CT molecular complexity index is 1100. The monoisotopic (exact) mass is 420 g/mol. The topological polar surface area (TPSA) is 65.4 Å². The highest BCUT2D eigenvalue weighted by Crippen LogP contribution is 2.42. The van der Waals surface area contributed by atoms with Crippen molar-refractivity contribution >= 4 is 22.6 Å². The standard InChI is InChI=1S/C25H32N4S/c1-8-19(9-2)20(13-14(3)26)25-28-18(7)22(29-25)24-17(6)16(5)23(30-24)21-12-10-11-15(4)27-21/h10-13,19,26H,8-9H2,1-7H3,(H,28,29)/b20-13-,26-14?. The molecular weight excluding hydrogens is 388 g/mol. The molecule has 0 radical (unpaired) electrons. The molecule has 0 aromatic carbocycles. The molecule has 4 nitrogen and oxygen atoms in total. The third-order valence-electron chi connectivity index (χ3n) is 5.74. The molecule has 0 saturated carbocycles. The predicted octanol–water partition coefficient (Wildman–Crippen LogP) is 7.29. The highest BCUT2D eigenvalue weighted by atomic mass is 32.1. The largest absolute Gasteiger partial charge is 0.342 e. The summed E-state index contributed by atoms with van der Waals surface area (Å²) < 4.78 is 0. The van der Waals surface area contributed by atoms with E-state index in [2.05, 4.69) is 51.7 Å². The van der Waals surface area contributed by atoms with Crippen molar-refractivity contribution in [2.75, 3.05) is 0 Å². The smallest absolute Gasteiger partial charge is 0.134 e. The van der Waals surface area contributed by atoms with Crippen LogP contribution in [0.25, 0.3) is 26.7 Å². The van der Waals surface area contributed by atoms with E-state index in [1.54, 1.807) is 11.3 Å². The Morgan fingerprint density at radius 3 is 2.33 bits per heavy atom. The molecular formula is C25H32N4S. The molecule has 5 heteroatoms. The number of nitrogens with one attached hydrogen (secondary N) is 2. The van der Waals surface area contributed by atoms with Gasteiger partial charge in [0.2, 0.25) is 0 Å². The second-order valence-corrected chi connectivity index (χ2v) is 9.05. The van der Waals surface area contributed by atoms with E-state index in [4.69, 9.17) is 15.4 Å². The Morgan fingerprint density at radius 2 is 1.73 bits per heavy atom. The van der Waals surface area contributed by atoms with Crippen molar-refractivity contribution in [2.24, 2.45) is 5.92 Å². The number of pyridine rings is 1. The SMILES string of the molecule is CCC(CC)/C(=C/C(C)=N)c1nc(-c2sc(-c3cccc(C)n3)c(C)c2C)c(C)[nH]1. The maximum atomic E-state index is 8.00. The quantitative estimate of drug-likeness (QED) is 0.394. The minimum absolute atomic E-state index is 0.391. The number of rotatable bonds is 7. The van der Waals surface area contributed by atoms with Gasteiger partial charge in [0.1, 0.15) is 11.5 Å². The number of hydrogen-bond donors (Lipinski definition) is 2. The highest BCUT2D eigenvalue weighted by molar-refractivity contribution is 7.19. The fourth-order valence-corrected chi connectivity index (χ4v) is 5.23. The molecule has 3 aromatic rings. The van der Waals surface area contributed by atoms with E-state index in [9.17, 15) is 0 Å². The van der Waals surface area contributed by atoms with Gasteiger partial charge in [-0.3, -0.25) is 4.98 Å². The van der Waals surface area contributed by atoms with Gasteiger partial charge in [0.05, 0.1) is 15.4 Å². The molecule has 3 rings (SSSR count). The van der Waals surface area contributed by atoms with Crippen molar-refractivity contribution in [3.8, 4) is 21.1 Å². The maximum Gasteiger partial charge on any atom is 0.134 e. The van der Waals surface area contributed by atoms with E-state index < -0.39 is 0 Å². The summed E-state index contributed by atoms with van der Waals surface area (Å²) in [5.41, 5.74) is 8.35. The van der Waals surface area contributed by atoms with Crippen LogP contribution in [0.5, 0.6) is 0 Å². The van der Waals surface area contributed by atoms with Gasteiger partial charge in [0.25, 0.3) is 0 Å². The molecule has 3 aromatic heterocycles. The first kappa shape index (κ1) is 22.2. The van der Waals surface area contributed by atoms with Gasteiger partial charge in [0.15, 0.2) is 0 Å². The fourth-order valence-electron chi connectivity index (χ4n) is 3.90. The summed E-state index contributed by atoms with van der Waals surface area (Å²) in [5.74, 6) is 1.28. The van der Waals surface area contributed by atoms with Gasteiger partial charge in [0, 0.05) is 17.1 Å². The van der Waals surface area contributed by atoms with Crippen molar-refractivity contribution in [1.29, 1.82) is 5.41 Å². The van der Waals surface area contributed by atoms with Crippen LogP contribution in [0.4, 0.5) is 0 Å². The lowest BCUT2D eigenvalue weighted by molar-refractivity contribution is 0.620. The molecule has 0 bridgehead atoms. The van der Waals surface area contributed by atoms with E-state index in [-0.39, 0.29) is 0 Å². The Balaban J connectivity index is 2.11. The molecule has 0 aliphatic carbocycles. The number of hydrogen-bond acceptors (Lipinski definition) is 4. The summed E-state index contributed by atoms with van der Waals surface area (Å²) in [6.45, 7) is 14.7. The van der Waals surface area contributed by atoms with E-state index in [1.165, 1.54) is 20.9 Å². The highest BCUT2D eigenvalue weighted by Gasteiger charge is 2.22. The van der Waals surface area contributed by atoms with Gasteiger partial charge in [-0.15, -0.1) is 11.3 Å². The molecule has 0 unspecified atom stereocenters. The first-order valence-electron chi connectivity index (χ1n) is 10.6. The van der Waals surface area contributed by atoms with Crippen LogP contribution in [0.15, 0.2) is 24.3 Å². The second-order valence-electron chi connectivity index (χ2n) is 8.03. The first-order valence-corrected chi connectivity index (χ1v) is 11.5. The van der Waals surface area contributed by atoms with Gasteiger partial charge in [-0.1, -0.05) is 19.9 Å². The van der Waals surface area contributed by atoms with Crippen LogP contribution in [-0.2, 0) is 0 Å². The number of aryl methyl sites for hydroxylation is 2. The fraction of sp³-hybridized carbons (Fsp3) is 0.400. The lowest BCUT2D eigenvalue weighted by atomic mass is 9.92. The molecule has 0 spiro atoms. The average molecular weight is 421 g/mol. The molecule has 0 saturated heterocycles. The van der Waals surface area contributed by atoms with E-state index in [0.717, 1.165) is 47.0 Å². The van der Waals surface area contributed by atoms with Crippen LogP contribution in [0.1, 0.15) is 62.0 Å². The van der Waals surface area contributed by atoms with Crippen LogP contribution < -0.4 is 0 Å². The molecule has 0 aliphatic rings. The number of aromatic nitrogens is 3. The Labute approximate surface area is 184 Å². The number of thiophene rings is 1. The van der Waals surface area contributed by atoms with Crippen LogP contribution >= 0.6 is 11.3 Å². The zero-order chi connectivity index (χ0) is 22.0. The van der Waals surface area contributed by atoms with Crippen molar-refractivity contribution in [3.05, 3.63) is 52.6 Å². The summed E-state index contributed by atoms with van der Waals surface area (Å²) in [7, 11) is 0. The molecule has 0 amide bonds. The van der Waals surface area contributed by atoms with Gasteiger partial charge >= 0.3 is 0 Å². The molecule has 2 N–H and O–H groups in total. The summed E-state index contributed by atoms with van der Waals surface area (Å²) >= 11 is 1.77. The molecule has 30 heavy (non-hydrogen) atoms.